The van der Waals surface area contributed by atoms with Gasteiger partial charge in [0.05, 0.1) is 0 Å². The maximum atomic E-state index is 9.34. The van der Waals surface area contributed by atoms with Gasteiger partial charge in [-0.25, -0.2) is 0 Å². The average molecular weight is 261 g/mol. The van der Waals surface area contributed by atoms with Crippen molar-refractivity contribution >= 4 is 34.4 Å². The van der Waals surface area contributed by atoms with Gasteiger partial charge >= 0.3 is 0 Å². The van der Waals surface area contributed by atoms with E-state index in [0.717, 1.165) is 5.69 Å². The molecule has 0 atom stereocenters. The number of nitrogens with one attached hydrogen (secondary N) is 1. The minimum atomic E-state index is 0.161. The fourth-order valence-electron chi connectivity index (χ4n) is 1.63. The lowest BCUT2D eigenvalue weighted by Crippen LogP contribution is -1.88. The van der Waals surface area contributed by atoms with Crippen LogP contribution in [0.5, 0.6) is 5.75 Å². The van der Waals surface area contributed by atoms with Crippen molar-refractivity contribution in [1.29, 1.82) is 0 Å². The van der Waals surface area contributed by atoms with Crippen LogP contribution in [0.1, 0.15) is 0 Å². The lowest BCUT2D eigenvalue weighted by atomic mass is 10.3. The minimum absolute atomic E-state index is 0.161. The van der Waals surface area contributed by atoms with Crippen LogP contribution in [0.15, 0.2) is 46.9 Å². The highest BCUT2D eigenvalue weighted by Crippen LogP contribution is 2.25. The molecule has 2 N–H and O–H groups in total. The van der Waals surface area contributed by atoms with Gasteiger partial charge in [-0.1, -0.05) is 11.6 Å². The lowest BCUT2D eigenvalue weighted by Gasteiger charge is -2.00. The van der Waals surface area contributed by atoms with Crippen LogP contribution in [0.25, 0.3) is 11.1 Å². The molecule has 18 heavy (non-hydrogen) atoms. The molecule has 3 aromatic rings. The quantitative estimate of drug-likeness (QED) is 0.733. The van der Waals surface area contributed by atoms with Gasteiger partial charge in [0.2, 0.25) is 0 Å². The Kier molecular flexibility index (Phi) is 2.57. The summed E-state index contributed by atoms with van der Waals surface area (Å²) < 4.78 is 5.49. The van der Waals surface area contributed by atoms with E-state index in [-0.39, 0.29) is 5.75 Å². The normalized spacial score (nSPS) is 10.7. The Morgan fingerprint density at radius 3 is 2.67 bits per heavy atom. The summed E-state index contributed by atoms with van der Waals surface area (Å²) in [5.41, 5.74) is 2.05. The van der Waals surface area contributed by atoms with Crippen LogP contribution in [0.3, 0.4) is 0 Å². The lowest BCUT2D eigenvalue weighted by molar-refractivity contribution is 0.476. The van der Waals surface area contributed by atoms with Gasteiger partial charge in [0, 0.05) is 16.8 Å². The second-order valence-electron chi connectivity index (χ2n) is 3.80. The fraction of sp³-hybridized carbons (Fsp3) is 0. The van der Waals surface area contributed by atoms with E-state index >= 15 is 0 Å². The topological polar surface area (TPSA) is 58.3 Å². The molecule has 0 saturated carbocycles. The van der Waals surface area contributed by atoms with E-state index in [2.05, 4.69) is 10.3 Å². The first-order valence-electron chi connectivity index (χ1n) is 5.33. The van der Waals surface area contributed by atoms with E-state index in [1.807, 2.05) is 12.1 Å². The molecule has 0 spiro atoms. The third kappa shape index (κ3) is 2.10. The monoisotopic (exact) mass is 260 g/mol. The highest BCUT2D eigenvalue weighted by Gasteiger charge is 2.06. The van der Waals surface area contributed by atoms with Gasteiger partial charge in [0.25, 0.3) is 6.01 Å². The second-order valence-corrected chi connectivity index (χ2v) is 4.24. The number of phenols is 1. The maximum Gasteiger partial charge on any atom is 0.300 e. The molecule has 4 nitrogen and oxygen atoms in total. The molecule has 1 aromatic heterocycles. The summed E-state index contributed by atoms with van der Waals surface area (Å²) in [6.45, 7) is 0. The van der Waals surface area contributed by atoms with Gasteiger partial charge < -0.3 is 14.8 Å². The molecular weight excluding hydrogens is 252 g/mol. The number of hydrogen-bond donors (Lipinski definition) is 2. The van der Waals surface area contributed by atoms with E-state index in [1.54, 1.807) is 30.3 Å². The van der Waals surface area contributed by atoms with Gasteiger partial charge in [-0.2, -0.15) is 4.98 Å². The number of oxazole rings is 1. The Labute approximate surface area is 108 Å². The minimum Gasteiger partial charge on any atom is -0.508 e. The van der Waals surface area contributed by atoms with Crippen molar-refractivity contribution in [2.75, 3.05) is 5.32 Å². The van der Waals surface area contributed by atoms with Crippen LogP contribution >= 0.6 is 11.6 Å². The van der Waals surface area contributed by atoms with Crippen molar-refractivity contribution in [3.8, 4) is 5.75 Å². The predicted octanol–water partition coefficient (Wildman–Crippen LogP) is 3.93. The fourth-order valence-corrected chi connectivity index (χ4v) is 1.75. The number of benzene rings is 2. The Morgan fingerprint density at radius 2 is 1.89 bits per heavy atom. The van der Waals surface area contributed by atoms with E-state index in [9.17, 15) is 5.11 Å². The van der Waals surface area contributed by atoms with Crippen LogP contribution in [0.2, 0.25) is 5.02 Å². The van der Waals surface area contributed by atoms with Crippen LogP contribution in [-0.4, -0.2) is 10.1 Å². The summed E-state index contributed by atoms with van der Waals surface area (Å²) >= 11 is 5.80. The van der Waals surface area contributed by atoms with Crippen molar-refractivity contribution < 1.29 is 9.52 Å². The highest BCUT2D eigenvalue weighted by atomic mass is 35.5. The predicted molar refractivity (Wildman–Crippen MR) is 70.4 cm³/mol. The molecule has 3 rings (SSSR count). The molecule has 90 valence electrons. The number of fused-ring (bicyclic) bond motifs is 1. The molecule has 0 saturated heterocycles. The first-order valence-corrected chi connectivity index (χ1v) is 5.71. The van der Waals surface area contributed by atoms with Crippen LogP contribution in [-0.2, 0) is 0 Å². The zero-order valence-corrected chi connectivity index (χ0v) is 9.98. The zero-order chi connectivity index (χ0) is 12.5. The first-order chi connectivity index (χ1) is 8.70. The van der Waals surface area contributed by atoms with Gasteiger partial charge in [0.15, 0.2) is 5.58 Å². The average Bonchev–Trinajstić information content (AvgIpc) is 2.73. The van der Waals surface area contributed by atoms with E-state index in [4.69, 9.17) is 16.0 Å². The summed E-state index contributed by atoms with van der Waals surface area (Å²) in [7, 11) is 0. The Morgan fingerprint density at radius 1 is 1.11 bits per heavy atom. The summed E-state index contributed by atoms with van der Waals surface area (Å²) in [4.78, 5) is 4.22. The van der Waals surface area contributed by atoms with Gasteiger partial charge in [-0.3, -0.25) is 0 Å². The molecular formula is C13H9ClN2O2. The Hall–Kier alpha value is -2.20. The van der Waals surface area contributed by atoms with Crippen molar-refractivity contribution in [2.45, 2.75) is 0 Å². The van der Waals surface area contributed by atoms with Crippen LogP contribution in [0.4, 0.5) is 11.7 Å². The van der Waals surface area contributed by atoms with Crippen molar-refractivity contribution in [3.05, 3.63) is 47.5 Å². The number of aromatic hydroxyl groups is 1. The number of halogens is 1. The first kappa shape index (κ1) is 10.9. The molecule has 0 radical (unpaired) electrons. The largest absolute Gasteiger partial charge is 0.508 e. The molecule has 0 bridgehead atoms. The van der Waals surface area contributed by atoms with E-state index < -0.39 is 0 Å². The molecule has 0 unspecified atom stereocenters. The molecule has 0 aliphatic rings. The van der Waals surface area contributed by atoms with Crippen LogP contribution in [0, 0.1) is 0 Å². The number of anilines is 2. The van der Waals surface area contributed by atoms with Gasteiger partial charge in [-0.05, 0) is 36.4 Å². The smallest absolute Gasteiger partial charge is 0.300 e. The molecule has 0 amide bonds. The molecule has 1 heterocycles. The standard InChI is InChI=1S/C13H9ClN2O2/c14-8-1-3-9(4-2-8)15-13-16-11-7-10(17)5-6-12(11)18-13/h1-7,17H,(H,15,16). The van der Waals surface area contributed by atoms with Crippen molar-refractivity contribution in [1.82, 2.24) is 4.98 Å². The van der Waals surface area contributed by atoms with E-state index in [0.29, 0.717) is 22.1 Å². The molecule has 0 aliphatic carbocycles. The molecule has 5 heteroatoms. The summed E-state index contributed by atoms with van der Waals surface area (Å²) in [6.07, 6.45) is 0. The summed E-state index contributed by atoms with van der Waals surface area (Å²) in [6, 6.07) is 12.4. The number of nitrogens with zero attached hydrogens (tertiary/aromatic N) is 1. The van der Waals surface area contributed by atoms with Crippen LogP contribution < -0.4 is 5.32 Å². The molecule has 0 fully saturated rings. The summed E-state index contributed by atoms with van der Waals surface area (Å²) in [5.74, 6) is 0.161. The highest BCUT2D eigenvalue weighted by molar-refractivity contribution is 6.30. The number of hydrogen-bond acceptors (Lipinski definition) is 4. The van der Waals surface area contributed by atoms with Gasteiger partial charge in [0.1, 0.15) is 11.3 Å². The van der Waals surface area contributed by atoms with E-state index in [1.165, 1.54) is 0 Å². The maximum absolute atomic E-state index is 9.34. The number of rotatable bonds is 2. The zero-order valence-electron chi connectivity index (χ0n) is 9.22. The molecule has 0 aliphatic heterocycles. The third-order valence-electron chi connectivity index (χ3n) is 2.47. The molecule has 2 aromatic carbocycles. The van der Waals surface area contributed by atoms with Crippen molar-refractivity contribution in [2.24, 2.45) is 0 Å². The SMILES string of the molecule is Oc1ccc2oc(Nc3ccc(Cl)cc3)nc2c1. The van der Waals surface area contributed by atoms with Crippen molar-refractivity contribution in [3.63, 3.8) is 0 Å². The number of phenolic OH excluding ortho intramolecular Hbond substituents is 1. The van der Waals surface area contributed by atoms with Gasteiger partial charge in [-0.15, -0.1) is 0 Å². The third-order valence-corrected chi connectivity index (χ3v) is 2.72. The number of aromatic nitrogens is 1. The Bertz CT molecular complexity index is 692. The second kappa shape index (κ2) is 4.23. The Balaban J connectivity index is 1.92. The summed E-state index contributed by atoms with van der Waals surface area (Å²) in [5, 5.41) is 13.0.